The number of ether oxygens (including phenoxy) is 1. The van der Waals surface area contributed by atoms with E-state index in [0.717, 1.165) is 23.2 Å². The lowest BCUT2D eigenvalue weighted by atomic mass is 9.76. The van der Waals surface area contributed by atoms with Crippen molar-refractivity contribution in [3.8, 4) is 0 Å². The number of H-pyrrole nitrogens is 1. The standard InChI is InChI=1S/C33H32N2O2/c1-5-24-21(3)30-27(22-14-8-6-9-15-22)28(23-16-10-7-11-17-23)32(35(30)31(24)33(36)37-4)29-20(2)25-18-12-13-19-26(25)34-29/h6-19,27-28,32,34H,5H2,1-4H3/t27-,28-,32-/m1/s1. The first-order valence-corrected chi connectivity index (χ1v) is 13.1. The molecule has 1 aliphatic rings. The van der Waals surface area contributed by atoms with Gasteiger partial charge in [-0.2, -0.15) is 0 Å². The van der Waals surface area contributed by atoms with E-state index in [4.69, 9.17) is 4.74 Å². The van der Waals surface area contributed by atoms with Gasteiger partial charge in [-0.05, 0) is 54.2 Å². The molecule has 186 valence electrons. The Morgan fingerprint density at radius 3 is 2.11 bits per heavy atom. The zero-order valence-corrected chi connectivity index (χ0v) is 21.8. The van der Waals surface area contributed by atoms with Gasteiger partial charge in [-0.15, -0.1) is 0 Å². The van der Waals surface area contributed by atoms with Gasteiger partial charge in [-0.1, -0.05) is 85.8 Å². The number of benzene rings is 3. The zero-order chi connectivity index (χ0) is 25.7. The first-order chi connectivity index (χ1) is 18.1. The van der Waals surface area contributed by atoms with Crippen LogP contribution >= 0.6 is 0 Å². The van der Waals surface area contributed by atoms with Crippen LogP contribution in [-0.2, 0) is 11.2 Å². The number of hydrogen-bond donors (Lipinski definition) is 1. The number of rotatable bonds is 5. The molecule has 0 bridgehead atoms. The first-order valence-electron chi connectivity index (χ1n) is 13.1. The molecule has 37 heavy (non-hydrogen) atoms. The minimum atomic E-state index is -0.273. The van der Waals surface area contributed by atoms with Crippen LogP contribution in [0.25, 0.3) is 10.9 Å². The normalized spacial score (nSPS) is 18.8. The van der Waals surface area contributed by atoms with Crippen molar-refractivity contribution in [3.05, 3.63) is 130 Å². The Kier molecular flexibility index (Phi) is 5.75. The van der Waals surface area contributed by atoms with E-state index in [1.54, 1.807) is 0 Å². The molecule has 0 aliphatic carbocycles. The van der Waals surface area contributed by atoms with Gasteiger partial charge in [0.1, 0.15) is 5.69 Å². The lowest BCUT2D eigenvalue weighted by Crippen LogP contribution is -2.21. The molecule has 6 rings (SSSR count). The van der Waals surface area contributed by atoms with Crippen molar-refractivity contribution in [3.63, 3.8) is 0 Å². The highest BCUT2D eigenvalue weighted by Crippen LogP contribution is 2.57. The number of methoxy groups -OCH3 is 1. The monoisotopic (exact) mass is 488 g/mol. The van der Waals surface area contributed by atoms with Crippen molar-refractivity contribution < 1.29 is 9.53 Å². The van der Waals surface area contributed by atoms with Crippen molar-refractivity contribution in [2.24, 2.45) is 0 Å². The number of aromatic amines is 1. The highest BCUT2D eigenvalue weighted by Gasteiger charge is 2.48. The minimum absolute atomic E-state index is 0.0862. The summed E-state index contributed by atoms with van der Waals surface area (Å²) in [6.45, 7) is 6.50. The fraction of sp³-hybridized carbons (Fsp3) is 0.242. The molecular weight excluding hydrogens is 456 g/mol. The number of fused-ring (bicyclic) bond motifs is 2. The summed E-state index contributed by atoms with van der Waals surface area (Å²) in [6.07, 6.45) is 0.770. The van der Waals surface area contributed by atoms with Crippen LogP contribution in [0.1, 0.15) is 74.5 Å². The van der Waals surface area contributed by atoms with Gasteiger partial charge in [-0.25, -0.2) is 4.79 Å². The van der Waals surface area contributed by atoms with Crippen LogP contribution in [-0.4, -0.2) is 22.6 Å². The zero-order valence-electron chi connectivity index (χ0n) is 21.8. The molecule has 4 heteroatoms. The van der Waals surface area contributed by atoms with Gasteiger partial charge in [0.2, 0.25) is 0 Å². The van der Waals surface area contributed by atoms with Gasteiger partial charge in [0, 0.05) is 34.1 Å². The number of aromatic nitrogens is 2. The van der Waals surface area contributed by atoms with E-state index >= 15 is 0 Å². The molecule has 0 saturated carbocycles. The molecule has 1 aliphatic heterocycles. The maximum Gasteiger partial charge on any atom is 0.354 e. The van der Waals surface area contributed by atoms with Crippen molar-refractivity contribution in [2.75, 3.05) is 7.11 Å². The van der Waals surface area contributed by atoms with Crippen LogP contribution in [0, 0.1) is 13.8 Å². The summed E-state index contributed by atoms with van der Waals surface area (Å²) in [5, 5.41) is 1.22. The van der Waals surface area contributed by atoms with Crippen molar-refractivity contribution in [1.29, 1.82) is 0 Å². The molecule has 3 heterocycles. The molecule has 0 radical (unpaired) electrons. The highest BCUT2D eigenvalue weighted by molar-refractivity contribution is 5.91. The molecular formula is C33H32N2O2. The smallest absolute Gasteiger partial charge is 0.354 e. The Morgan fingerprint density at radius 2 is 1.49 bits per heavy atom. The lowest BCUT2D eigenvalue weighted by molar-refractivity contribution is 0.0585. The number of carbonyl (C=O) groups excluding carboxylic acids is 1. The maximum atomic E-state index is 13.4. The SMILES string of the molecule is CCc1c(C)c2n(c1C(=O)OC)[C@@H](c1[nH]c3ccccc3c1C)[C@H](c1ccccc1)[C@H]2c1ccccc1. The second-order valence-corrected chi connectivity index (χ2v) is 10.0. The quantitative estimate of drug-likeness (QED) is 0.261. The molecule has 0 saturated heterocycles. The van der Waals surface area contributed by atoms with Crippen LogP contribution in [0.4, 0.5) is 0 Å². The summed E-state index contributed by atoms with van der Waals surface area (Å²) in [4.78, 5) is 17.2. The van der Waals surface area contributed by atoms with Gasteiger partial charge >= 0.3 is 5.97 Å². The van der Waals surface area contributed by atoms with Gasteiger partial charge < -0.3 is 14.3 Å². The number of para-hydroxylation sites is 1. The van der Waals surface area contributed by atoms with Crippen LogP contribution in [0.15, 0.2) is 84.9 Å². The predicted octanol–water partition coefficient (Wildman–Crippen LogP) is 7.45. The third kappa shape index (κ3) is 3.46. The van der Waals surface area contributed by atoms with Crippen molar-refractivity contribution >= 4 is 16.9 Å². The average molecular weight is 489 g/mol. The second kappa shape index (κ2) is 9.11. The summed E-state index contributed by atoms with van der Waals surface area (Å²) in [7, 11) is 1.48. The van der Waals surface area contributed by atoms with Crippen LogP contribution in [0.3, 0.4) is 0 Å². The van der Waals surface area contributed by atoms with Gasteiger partial charge in [-0.3, -0.25) is 0 Å². The number of hydrogen-bond acceptors (Lipinski definition) is 2. The maximum absolute atomic E-state index is 13.4. The summed E-state index contributed by atoms with van der Waals surface area (Å²) in [5.41, 5.74) is 10.2. The van der Waals surface area contributed by atoms with E-state index in [2.05, 4.69) is 115 Å². The third-order valence-corrected chi connectivity index (χ3v) is 8.27. The van der Waals surface area contributed by atoms with Gasteiger partial charge in [0.15, 0.2) is 0 Å². The summed E-state index contributed by atoms with van der Waals surface area (Å²) in [5.74, 6) is -0.0908. The molecule has 4 nitrogen and oxygen atoms in total. The van der Waals surface area contributed by atoms with E-state index < -0.39 is 0 Å². The number of carbonyl (C=O) groups is 1. The Hall–Kier alpha value is -4.05. The van der Waals surface area contributed by atoms with Crippen molar-refractivity contribution in [1.82, 2.24) is 9.55 Å². The lowest BCUT2D eigenvalue weighted by Gasteiger charge is -2.28. The van der Waals surface area contributed by atoms with Crippen LogP contribution in [0.5, 0.6) is 0 Å². The topological polar surface area (TPSA) is 47.0 Å². The molecule has 0 fully saturated rings. The van der Waals surface area contributed by atoms with Crippen LogP contribution < -0.4 is 0 Å². The first kappa shape index (κ1) is 23.4. The van der Waals surface area contributed by atoms with Crippen molar-refractivity contribution in [2.45, 2.75) is 45.1 Å². The fourth-order valence-electron chi connectivity index (χ4n) is 6.70. The predicted molar refractivity (Wildman–Crippen MR) is 149 cm³/mol. The molecule has 5 aromatic rings. The Labute approximate surface area is 217 Å². The largest absolute Gasteiger partial charge is 0.464 e. The highest BCUT2D eigenvalue weighted by atomic mass is 16.5. The second-order valence-electron chi connectivity index (χ2n) is 10.0. The number of nitrogens with zero attached hydrogens (tertiary/aromatic N) is 1. The minimum Gasteiger partial charge on any atom is -0.464 e. The molecule has 0 unspecified atom stereocenters. The van der Waals surface area contributed by atoms with E-state index in [1.807, 2.05) is 0 Å². The number of aryl methyl sites for hydroxylation is 1. The number of esters is 1. The molecule has 1 N–H and O–H groups in total. The van der Waals surface area contributed by atoms with Crippen LogP contribution in [0.2, 0.25) is 0 Å². The molecule has 0 spiro atoms. The molecule has 0 amide bonds. The van der Waals surface area contributed by atoms with E-state index in [9.17, 15) is 4.79 Å². The number of nitrogens with one attached hydrogen (secondary N) is 1. The summed E-state index contributed by atoms with van der Waals surface area (Å²) >= 11 is 0. The Balaban J connectivity index is 1.74. The Morgan fingerprint density at radius 1 is 0.865 bits per heavy atom. The van der Waals surface area contributed by atoms with Gasteiger partial charge in [0.25, 0.3) is 0 Å². The molecule has 2 aromatic heterocycles. The van der Waals surface area contributed by atoms with E-state index in [-0.39, 0.29) is 23.8 Å². The fourth-order valence-corrected chi connectivity index (χ4v) is 6.70. The summed E-state index contributed by atoms with van der Waals surface area (Å²) < 4.78 is 7.72. The van der Waals surface area contributed by atoms with E-state index in [0.29, 0.717) is 5.69 Å². The Bertz CT molecular complexity index is 1590. The summed E-state index contributed by atoms with van der Waals surface area (Å²) in [6, 6.07) is 29.9. The third-order valence-electron chi connectivity index (χ3n) is 8.27. The molecule has 3 atom stereocenters. The van der Waals surface area contributed by atoms with Gasteiger partial charge in [0.05, 0.1) is 13.2 Å². The molecule has 3 aromatic carbocycles. The van der Waals surface area contributed by atoms with E-state index in [1.165, 1.54) is 40.4 Å². The average Bonchev–Trinajstić information content (AvgIpc) is 3.56.